The number of nitrogens with two attached hydrogens (primary N) is 1. The number of hydrogen-bond donors (Lipinski definition) is 3. The quantitative estimate of drug-likeness (QED) is 0.688. The van der Waals surface area contributed by atoms with Crippen molar-refractivity contribution in [2.75, 3.05) is 13.1 Å². The number of benzene rings is 2. The van der Waals surface area contributed by atoms with Crippen LogP contribution in [0, 0.1) is 0 Å². The monoisotopic (exact) mass is 325 g/mol. The number of rotatable bonds is 8. The average molecular weight is 325 g/mol. The molecule has 0 fully saturated rings. The molecule has 5 nitrogen and oxygen atoms in total. The van der Waals surface area contributed by atoms with E-state index in [1.54, 1.807) is 0 Å². The lowest BCUT2D eigenvalue weighted by Crippen LogP contribution is -2.38. The summed E-state index contributed by atoms with van der Waals surface area (Å²) < 4.78 is 0. The van der Waals surface area contributed by atoms with Crippen LogP contribution in [-0.4, -0.2) is 24.9 Å². The standard InChI is InChI=1S/C19H23N3O2/c20-17(16-9-5-2-6-10-16)13-18(23)22-14-19(24)21-12-11-15-7-3-1-4-8-15/h1-10,17H,11-14,20H2,(H,21,24)(H,22,23). The highest BCUT2D eigenvalue weighted by Gasteiger charge is 2.12. The minimum Gasteiger partial charge on any atom is -0.354 e. The van der Waals surface area contributed by atoms with E-state index in [1.165, 1.54) is 0 Å². The topological polar surface area (TPSA) is 84.2 Å². The summed E-state index contributed by atoms with van der Waals surface area (Å²) in [4.78, 5) is 23.6. The van der Waals surface area contributed by atoms with Crippen molar-refractivity contribution in [3.8, 4) is 0 Å². The van der Waals surface area contributed by atoms with E-state index in [0.29, 0.717) is 6.54 Å². The van der Waals surface area contributed by atoms with E-state index >= 15 is 0 Å². The van der Waals surface area contributed by atoms with Crippen molar-refractivity contribution >= 4 is 11.8 Å². The molecule has 1 unspecified atom stereocenters. The van der Waals surface area contributed by atoms with Gasteiger partial charge in [0.1, 0.15) is 0 Å². The van der Waals surface area contributed by atoms with Gasteiger partial charge in [0.05, 0.1) is 6.54 Å². The Labute approximate surface area is 142 Å². The van der Waals surface area contributed by atoms with Crippen LogP contribution in [0.15, 0.2) is 60.7 Å². The molecule has 1 atom stereocenters. The van der Waals surface area contributed by atoms with Crippen LogP contribution in [0.2, 0.25) is 0 Å². The van der Waals surface area contributed by atoms with Gasteiger partial charge in [-0.2, -0.15) is 0 Å². The van der Waals surface area contributed by atoms with Crippen molar-refractivity contribution in [1.29, 1.82) is 0 Å². The van der Waals surface area contributed by atoms with E-state index in [-0.39, 0.29) is 30.8 Å². The molecule has 2 amide bonds. The zero-order valence-electron chi connectivity index (χ0n) is 13.6. The zero-order chi connectivity index (χ0) is 17.2. The van der Waals surface area contributed by atoms with Crippen molar-refractivity contribution in [2.45, 2.75) is 18.9 Å². The molecule has 126 valence electrons. The zero-order valence-corrected chi connectivity index (χ0v) is 13.6. The van der Waals surface area contributed by atoms with Gasteiger partial charge >= 0.3 is 0 Å². The molecule has 0 aliphatic rings. The second-order valence-corrected chi connectivity index (χ2v) is 5.58. The fourth-order valence-electron chi connectivity index (χ4n) is 2.32. The first kappa shape index (κ1) is 17.7. The molecule has 0 aromatic heterocycles. The summed E-state index contributed by atoms with van der Waals surface area (Å²) in [5.41, 5.74) is 8.05. The van der Waals surface area contributed by atoms with Gasteiger partial charge in [-0.15, -0.1) is 0 Å². The highest BCUT2D eigenvalue weighted by atomic mass is 16.2. The Bertz CT molecular complexity index is 644. The van der Waals surface area contributed by atoms with E-state index in [4.69, 9.17) is 5.73 Å². The molecule has 4 N–H and O–H groups in total. The van der Waals surface area contributed by atoms with Crippen LogP contribution in [0.5, 0.6) is 0 Å². The fourth-order valence-corrected chi connectivity index (χ4v) is 2.32. The summed E-state index contributed by atoms with van der Waals surface area (Å²) in [6.07, 6.45) is 0.917. The van der Waals surface area contributed by atoms with E-state index in [0.717, 1.165) is 17.5 Å². The summed E-state index contributed by atoms with van der Waals surface area (Å²) in [6, 6.07) is 19.0. The van der Waals surface area contributed by atoms with Crippen LogP contribution in [0.1, 0.15) is 23.6 Å². The van der Waals surface area contributed by atoms with Crippen LogP contribution in [0.3, 0.4) is 0 Å². The molecule has 24 heavy (non-hydrogen) atoms. The first-order valence-corrected chi connectivity index (χ1v) is 8.03. The van der Waals surface area contributed by atoms with Crippen LogP contribution >= 0.6 is 0 Å². The molecular weight excluding hydrogens is 302 g/mol. The van der Waals surface area contributed by atoms with Gasteiger partial charge in [0.15, 0.2) is 0 Å². The molecule has 2 aromatic carbocycles. The Kier molecular flexibility index (Phi) is 6.98. The van der Waals surface area contributed by atoms with Crippen LogP contribution < -0.4 is 16.4 Å². The van der Waals surface area contributed by atoms with Crippen molar-refractivity contribution in [3.63, 3.8) is 0 Å². The lowest BCUT2D eigenvalue weighted by Gasteiger charge is -2.12. The predicted octanol–water partition coefficient (Wildman–Crippen LogP) is 1.55. The smallest absolute Gasteiger partial charge is 0.239 e. The summed E-state index contributed by atoms with van der Waals surface area (Å²) >= 11 is 0. The Morgan fingerprint density at radius 2 is 1.50 bits per heavy atom. The van der Waals surface area contributed by atoms with Gasteiger partial charge in [-0.3, -0.25) is 9.59 Å². The molecule has 2 rings (SSSR count). The second-order valence-electron chi connectivity index (χ2n) is 5.58. The van der Waals surface area contributed by atoms with E-state index < -0.39 is 0 Å². The molecule has 0 aliphatic heterocycles. The van der Waals surface area contributed by atoms with Gasteiger partial charge in [-0.25, -0.2) is 0 Å². The minimum absolute atomic E-state index is 0.0326. The molecule has 5 heteroatoms. The molecule has 0 bridgehead atoms. The third kappa shape index (κ3) is 6.22. The first-order valence-electron chi connectivity index (χ1n) is 8.03. The molecule has 0 spiro atoms. The summed E-state index contributed by atoms with van der Waals surface area (Å²) in [6.45, 7) is 0.511. The van der Waals surface area contributed by atoms with E-state index in [1.807, 2.05) is 60.7 Å². The maximum Gasteiger partial charge on any atom is 0.239 e. The number of amides is 2. The second kappa shape index (κ2) is 9.47. The Morgan fingerprint density at radius 1 is 0.875 bits per heavy atom. The van der Waals surface area contributed by atoms with Gasteiger partial charge in [0.25, 0.3) is 0 Å². The molecule has 0 saturated heterocycles. The summed E-state index contributed by atoms with van der Waals surface area (Å²) in [7, 11) is 0. The number of carbonyl (C=O) groups is 2. The molecule has 0 saturated carbocycles. The summed E-state index contributed by atoms with van der Waals surface area (Å²) in [5, 5.41) is 5.39. The van der Waals surface area contributed by atoms with Gasteiger partial charge in [-0.05, 0) is 17.5 Å². The summed E-state index contributed by atoms with van der Waals surface area (Å²) in [5.74, 6) is -0.433. The molecule has 0 aliphatic carbocycles. The van der Waals surface area contributed by atoms with Crippen molar-refractivity contribution < 1.29 is 9.59 Å². The first-order chi connectivity index (χ1) is 11.6. The highest BCUT2D eigenvalue weighted by Crippen LogP contribution is 2.12. The van der Waals surface area contributed by atoms with Crippen LogP contribution in [-0.2, 0) is 16.0 Å². The van der Waals surface area contributed by atoms with Gasteiger partial charge in [-0.1, -0.05) is 60.7 Å². The molecular formula is C19H23N3O2. The highest BCUT2D eigenvalue weighted by molar-refractivity contribution is 5.84. The maximum atomic E-state index is 11.9. The van der Waals surface area contributed by atoms with Gasteiger partial charge in [0.2, 0.25) is 11.8 Å². The third-order valence-corrected chi connectivity index (χ3v) is 3.66. The van der Waals surface area contributed by atoms with Crippen LogP contribution in [0.25, 0.3) is 0 Å². The van der Waals surface area contributed by atoms with E-state index in [2.05, 4.69) is 10.6 Å². The Balaban J connectivity index is 1.63. The largest absolute Gasteiger partial charge is 0.354 e. The van der Waals surface area contributed by atoms with E-state index in [9.17, 15) is 9.59 Å². The van der Waals surface area contributed by atoms with Gasteiger partial charge in [0, 0.05) is 19.0 Å². The Morgan fingerprint density at radius 3 is 2.17 bits per heavy atom. The lowest BCUT2D eigenvalue weighted by molar-refractivity contribution is -0.126. The minimum atomic E-state index is -0.368. The average Bonchev–Trinajstić information content (AvgIpc) is 2.61. The number of nitrogens with one attached hydrogen (secondary N) is 2. The van der Waals surface area contributed by atoms with Crippen molar-refractivity contribution in [3.05, 3.63) is 71.8 Å². The van der Waals surface area contributed by atoms with Crippen LogP contribution in [0.4, 0.5) is 0 Å². The fraction of sp³-hybridized carbons (Fsp3) is 0.263. The molecule has 0 radical (unpaired) electrons. The predicted molar refractivity (Wildman–Crippen MR) is 94.2 cm³/mol. The normalized spacial score (nSPS) is 11.5. The molecule has 0 heterocycles. The molecule has 2 aromatic rings. The maximum absolute atomic E-state index is 11.9. The van der Waals surface area contributed by atoms with Gasteiger partial charge < -0.3 is 16.4 Å². The third-order valence-electron chi connectivity index (χ3n) is 3.66. The van der Waals surface area contributed by atoms with Crippen molar-refractivity contribution in [2.24, 2.45) is 5.73 Å². The number of carbonyl (C=O) groups excluding carboxylic acids is 2. The SMILES string of the molecule is NC(CC(=O)NCC(=O)NCCc1ccccc1)c1ccccc1. The lowest BCUT2D eigenvalue weighted by atomic mass is 10.0. The van der Waals surface area contributed by atoms with Crippen molar-refractivity contribution in [1.82, 2.24) is 10.6 Å². The Hall–Kier alpha value is -2.66. The number of hydrogen-bond acceptors (Lipinski definition) is 3.